The standard InChI is InChI=1S/C13H15NOS/c1-10-3-6-12(15-10)9-14-11-4-7-13(16-2)8-5-11/h3-8,14H,9H2,1-2H3. The zero-order valence-electron chi connectivity index (χ0n) is 9.49. The highest BCUT2D eigenvalue weighted by atomic mass is 32.2. The summed E-state index contributed by atoms with van der Waals surface area (Å²) in [5.41, 5.74) is 1.12. The minimum atomic E-state index is 0.729. The van der Waals surface area contributed by atoms with Gasteiger partial charge in [0.1, 0.15) is 11.5 Å². The maximum Gasteiger partial charge on any atom is 0.123 e. The molecule has 0 saturated carbocycles. The summed E-state index contributed by atoms with van der Waals surface area (Å²) >= 11 is 1.75. The minimum Gasteiger partial charge on any atom is -0.465 e. The Balaban J connectivity index is 1.94. The number of rotatable bonds is 4. The predicted molar refractivity (Wildman–Crippen MR) is 69.0 cm³/mol. The van der Waals surface area contributed by atoms with E-state index in [-0.39, 0.29) is 0 Å². The summed E-state index contributed by atoms with van der Waals surface area (Å²) in [7, 11) is 0. The van der Waals surface area contributed by atoms with E-state index in [9.17, 15) is 0 Å². The second kappa shape index (κ2) is 5.12. The highest BCUT2D eigenvalue weighted by Crippen LogP contribution is 2.18. The fourth-order valence-corrected chi connectivity index (χ4v) is 1.89. The molecule has 0 atom stereocenters. The van der Waals surface area contributed by atoms with Crippen LogP contribution in [-0.2, 0) is 6.54 Å². The summed E-state index contributed by atoms with van der Waals surface area (Å²) in [6.07, 6.45) is 2.08. The van der Waals surface area contributed by atoms with Gasteiger partial charge in [0.2, 0.25) is 0 Å². The van der Waals surface area contributed by atoms with Crippen LogP contribution in [0.15, 0.2) is 45.7 Å². The Bertz CT molecular complexity index is 447. The Morgan fingerprint density at radius 1 is 1.12 bits per heavy atom. The first-order valence-corrected chi connectivity index (χ1v) is 6.43. The van der Waals surface area contributed by atoms with Crippen molar-refractivity contribution in [3.8, 4) is 0 Å². The summed E-state index contributed by atoms with van der Waals surface area (Å²) < 4.78 is 5.48. The highest BCUT2D eigenvalue weighted by molar-refractivity contribution is 7.98. The van der Waals surface area contributed by atoms with Gasteiger partial charge in [-0.2, -0.15) is 0 Å². The maximum atomic E-state index is 5.48. The fraction of sp³-hybridized carbons (Fsp3) is 0.231. The second-order valence-electron chi connectivity index (χ2n) is 3.59. The lowest BCUT2D eigenvalue weighted by atomic mass is 10.3. The quantitative estimate of drug-likeness (QED) is 0.810. The van der Waals surface area contributed by atoms with Crippen molar-refractivity contribution in [2.75, 3.05) is 11.6 Å². The number of hydrogen-bond acceptors (Lipinski definition) is 3. The van der Waals surface area contributed by atoms with Crippen LogP contribution in [0, 0.1) is 6.92 Å². The van der Waals surface area contributed by atoms with E-state index in [0.29, 0.717) is 0 Å². The first-order chi connectivity index (χ1) is 7.78. The van der Waals surface area contributed by atoms with E-state index in [4.69, 9.17) is 4.42 Å². The number of furan rings is 1. The van der Waals surface area contributed by atoms with E-state index in [0.717, 1.165) is 23.8 Å². The molecule has 16 heavy (non-hydrogen) atoms. The Labute approximate surface area is 100 Å². The first kappa shape index (κ1) is 11.1. The third-order valence-electron chi connectivity index (χ3n) is 2.35. The Hall–Kier alpha value is -1.35. The van der Waals surface area contributed by atoms with Gasteiger partial charge in [0.25, 0.3) is 0 Å². The molecule has 0 aliphatic heterocycles. The number of aryl methyl sites for hydroxylation is 1. The van der Waals surface area contributed by atoms with Crippen LogP contribution in [0.25, 0.3) is 0 Å². The number of hydrogen-bond donors (Lipinski definition) is 1. The van der Waals surface area contributed by atoms with Crippen LogP contribution in [0.1, 0.15) is 11.5 Å². The number of benzene rings is 1. The average molecular weight is 233 g/mol. The van der Waals surface area contributed by atoms with Crippen molar-refractivity contribution < 1.29 is 4.42 Å². The molecule has 2 rings (SSSR count). The van der Waals surface area contributed by atoms with Crippen molar-refractivity contribution in [3.05, 3.63) is 47.9 Å². The van der Waals surface area contributed by atoms with Crippen molar-refractivity contribution in [1.29, 1.82) is 0 Å². The molecule has 0 unspecified atom stereocenters. The van der Waals surface area contributed by atoms with Crippen molar-refractivity contribution >= 4 is 17.4 Å². The molecule has 0 fully saturated rings. The van der Waals surface area contributed by atoms with Gasteiger partial charge < -0.3 is 9.73 Å². The maximum absolute atomic E-state index is 5.48. The van der Waals surface area contributed by atoms with Crippen LogP contribution in [0.4, 0.5) is 5.69 Å². The molecule has 0 spiro atoms. The molecule has 0 aliphatic carbocycles. The molecule has 84 valence electrons. The van der Waals surface area contributed by atoms with E-state index < -0.39 is 0 Å². The number of anilines is 1. The zero-order chi connectivity index (χ0) is 11.4. The Kier molecular flexibility index (Phi) is 3.57. The van der Waals surface area contributed by atoms with E-state index in [1.807, 2.05) is 19.1 Å². The lowest BCUT2D eigenvalue weighted by Crippen LogP contribution is -1.97. The fourth-order valence-electron chi connectivity index (χ4n) is 1.48. The largest absolute Gasteiger partial charge is 0.465 e. The van der Waals surface area contributed by atoms with Crippen molar-refractivity contribution in [3.63, 3.8) is 0 Å². The van der Waals surface area contributed by atoms with E-state index in [2.05, 4.69) is 35.8 Å². The molecule has 2 aromatic rings. The zero-order valence-corrected chi connectivity index (χ0v) is 10.3. The Morgan fingerprint density at radius 2 is 1.88 bits per heavy atom. The lowest BCUT2D eigenvalue weighted by Gasteiger charge is -2.04. The molecule has 1 heterocycles. The van der Waals surface area contributed by atoms with Crippen molar-refractivity contribution in [2.24, 2.45) is 0 Å². The van der Waals surface area contributed by atoms with Gasteiger partial charge in [-0.1, -0.05) is 0 Å². The van der Waals surface area contributed by atoms with Crippen LogP contribution < -0.4 is 5.32 Å². The molecule has 1 aromatic heterocycles. The lowest BCUT2D eigenvalue weighted by molar-refractivity contribution is 0.490. The molecule has 1 N–H and O–H groups in total. The normalized spacial score (nSPS) is 10.4. The van der Waals surface area contributed by atoms with Gasteiger partial charge in [-0.3, -0.25) is 0 Å². The number of nitrogens with one attached hydrogen (secondary N) is 1. The van der Waals surface area contributed by atoms with E-state index >= 15 is 0 Å². The second-order valence-corrected chi connectivity index (χ2v) is 4.47. The molecule has 2 nitrogen and oxygen atoms in total. The van der Waals surface area contributed by atoms with Gasteiger partial charge in [-0.05, 0) is 49.6 Å². The van der Waals surface area contributed by atoms with Crippen LogP contribution in [0.5, 0.6) is 0 Å². The monoisotopic (exact) mass is 233 g/mol. The SMILES string of the molecule is CSc1ccc(NCc2ccc(C)o2)cc1. The van der Waals surface area contributed by atoms with E-state index in [1.165, 1.54) is 4.90 Å². The van der Waals surface area contributed by atoms with Crippen molar-refractivity contribution in [2.45, 2.75) is 18.4 Å². The molecule has 0 bridgehead atoms. The third kappa shape index (κ3) is 2.83. The summed E-state index contributed by atoms with van der Waals surface area (Å²) in [6, 6.07) is 12.4. The summed E-state index contributed by atoms with van der Waals surface area (Å²) in [4.78, 5) is 1.28. The summed E-state index contributed by atoms with van der Waals surface area (Å²) in [5, 5.41) is 3.32. The molecular weight excluding hydrogens is 218 g/mol. The Morgan fingerprint density at radius 3 is 2.44 bits per heavy atom. The van der Waals surface area contributed by atoms with Gasteiger partial charge in [0.05, 0.1) is 6.54 Å². The molecular formula is C13H15NOS. The molecule has 0 radical (unpaired) electrons. The van der Waals surface area contributed by atoms with Gasteiger partial charge in [0.15, 0.2) is 0 Å². The topological polar surface area (TPSA) is 25.2 Å². The average Bonchev–Trinajstić information content (AvgIpc) is 2.73. The smallest absolute Gasteiger partial charge is 0.123 e. The van der Waals surface area contributed by atoms with Crippen LogP contribution in [0.3, 0.4) is 0 Å². The van der Waals surface area contributed by atoms with Crippen LogP contribution in [-0.4, -0.2) is 6.26 Å². The molecule has 0 aliphatic rings. The van der Waals surface area contributed by atoms with E-state index in [1.54, 1.807) is 11.8 Å². The third-order valence-corrected chi connectivity index (χ3v) is 3.10. The van der Waals surface area contributed by atoms with Gasteiger partial charge in [0, 0.05) is 10.6 Å². The minimum absolute atomic E-state index is 0.729. The predicted octanol–water partition coefficient (Wildman–Crippen LogP) is 3.92. The van der Waals surface area contributed by atoms with Crippen LogP contribution in [0.2, 0.25) is 0 Å². The van der Waals surface area contributed by atoms with Crippen molar-refractivity contribution in [1.82, 2.24) is 0 Å². The number of thioether (sulfide) groups is 1. The molecule has 0 saturated heterocycles. The molecule has 1 aromatic carbocycles. The first-order valence-electron chi connectivity index (χ1n) is 5.21. The molecule has 0 amide bonds. The highest BCUT2D eigenvalue weighted by Gasteiger charge is 1.98. The summed E-state index contributed by atoms with van der Waals surface area (Å²) in [5.74, 6) is 1.92. The van der Waals surface area contributed by atoms with Gasteiger partial charge in [-0.25, -0.2) is 0 Å². The summed E-state index contributed by atoms with van der Waals surface area (Å²) in [6.45, 7) is 2.68. The van der Waals surface area contributed by atoms with Gasteiger partial charge in [-0.15, -0.1) is 11.8 Å². The van der Waals surface area contributed by atoms with Gasteiger partial charge >= 0.3 is 0 Å². The van der Waals surface area contributed by atoms with Crippen LogP contribution >= 0.6 is 11.8 Å². The molecule has 3 heteroatoms.